The number of aromatic nitrogens is 2. The fourth-order valence-corrected chi connectivity index (χ4v) is 2.16. The van der Waals surface area contributed by atoms with Crippen molar-refractivity contribution in [1.82, 2.24) is 20.8 Å². The maximum atomic E-state index is 11.9. The van der Waals surface area contributed by atoms with Gasteiger partial charge in [0.05, 0.1) is 0 Å². The fourth-order valence-electron chi connectivity index (χ4n) is 2.16. The molecule has 18 heavy (non-hydrogen) atoms. The van der Waals surface area contributed by atoms with Crippen LogP contribution in [0.3, 0.4) is 0 Å². The first-order valence-corrected chi connectivity index (χ1v) is 6.38. The van der Waals surface area contributed by atoms with E-state index in [4.69, 9.17) is 0 Å². The second-order valence-electron chi connectivity index (χ2n) is 4.39. The Bertz CT molecular complexity index is 391. The number of halogens is 1. The third-order valence-electron chi connectivity index (χ3n) is 3.04. The van der Waals surface area contributed by atoms with E-state index in [-0.39, 0.29) is 18.3 Å². The molecule has 0 aliphatic heterocycles. The smallest absolute Gasteiger partial charge is 0.272 e. The van der Waals surface area contributed by atoms with Crippen molar-refractivity contribution in [3.8, 4) is 0 Å². The number of hydrogen-bond donors (Lipinski definition) is 3. The van der Waals surface area contributed by atoms with Crippen LogP contribution in [0.25, 0.3) is 0 Å². The van der Waals surface area contributed by atoms with Gasteiger partial charge in [0.15, 0.2) is 5.69 Å². The highest BCUT2D eigenvalue weighted by Gasteiger charge is 2.22. The molecule has 2 rings (SSSR count). The standard InChI is InChI=1S/C12H20N4O.ClH/c1-2-6-13-7-8-14-12(17)11-9-4-3-5-10(9)15-16-11;/h13H,2-8H2,1H3,(H,14,17)(H,15,16);1H. The Morgan fingerprint density at radius 1 is 1.33 bits per heavy atom. The Morgan fingerprint density at radius 2 is 2.17 bits per heavy atom. The van der Waals surface area contributed by atoms with E-state index in [9.17, 15) is 4.79 Å². The summed E-state index contributed by atoms with van der Waals surface area (Å²) in [4.78, 5) is 11.9. The minimum atomic E-state index is -0.0531. The van der Waals surface area contributed by atoms with Crippen LogP contribution < -0.4 is 10.6 Å². The van der Waals surface area contributed by atoms with Gasteiger partial charge in [-0.2, -0.15) is 5.10 Å². The van der Waals surface area contributed by atoms with Crippen molar-refractivity contribution in [2.24, 2.45) is 0 Å². The number of nitrogens with one attached hydrogen (secondary N) is 3. The molecule has 0 spiro atoms. The molecule has 0 saturated heterocycles. The molecule has 0 unspecified atom stereocenters. The topological polar surface area (TPSA) is 69.8 Å². The number of hydrogen-bond acceptors (Lipinski definition) is 3. The molecule has 1 aliphatic rings. The average molecular weight is 273 g/mol. The van der Waals surface area contributed by atoms with E-state index in [2.05, 4.69) is 27.8 Å². The van der Waals surface area contributed by atoms with Gasteiger partial charge in [0.1, 0.15) is 0 Å². The van der Waals surface area contributed by atoms with Crippen molar-refractivity contribution in [2.75, 3.05) is 19.6 Å². The summed E-state index contributed by atoms with van der Waals surface area (Å²) in [6.07, 6.45) is 4.24. The molecule has 6 heteroatoms. The monoisotopic (exact) mass is 272 g/mol. The molecule has 0 radical (unpaired) electrons. The van der Waals surface area contributed by atoms with Crippen LogP contribution in [0, 0.1) is 0 Å². The number of carbonyl (C=O) groups is 1. The Hall–Kier alpha value is -1.07. The largest absolute Gasteiger partial charge is 0.349 e. The molecule has 1 aliphatic carbocycles. The first-order valence-electron chi connectivity index (χ1n) is 6.38. The summed E-state index contributed by atoms with van der Waals surface area (Å²) in [7, 11) is 0. The molecule has 0 saturated carbocycles. The summed E-state index contributed by atoms with van der Waals surface area (Å²) in [5, 5.41) is 13.2. The first-order chi connectivity index (χ1) is 8.33. The van der Waals surface area contributed by atoms with E-state index in [1.165, 1.54) is 0 Å². The molecule has 1 amide bonds. The van der Waals surface area contributed by atoms with Crippen LogP contribution in [0.1, 0.15) is 41.5 Å². The Balaban J connectivity index is 0.00000162. The summed E-state index contributed by atoms with van der Waals surface area (Å²) in [6.45, 7) is 4.58. The maximum absolute atomic E-state index is 11.9. The molecule has 3 N–H and O–H groups in total. The summed E-state index contributed by atoms with van der Waals surface area (Å²) in [5.41, 5.74) is 2.84. The number of fused-ring (bicyclic) bond motifs is 1. The number of rotatable bonds is 6. The van der Waals surface area contributed by atoms with E-state index >= 15 is 0 Å². The van der Waals surface area contributed by atoms with Crippen molar-refractivity contribution in [3.05, 3.63) is 17.0 Å². The van der Waals surface area contributed by atoms with Crippen LogP contribution in [-0.2, 0) is 12.8 Å². The first kappa shape index (κ1) is 15.0. The number of aromatic amines is 1. The lowest BCUT2D eigenvalue weighted by Crippen LogP contribution is -2.32. The maximum Gasteiger partial charge on any atom is 0.272 e. The van der Waals surface area contributed by atoms with Gasteiger partial charge in [-0.05, 0) is 32.2 Å². The van der Waals surface area contributed by atoms with Gasteiger partial charge in [-0.25, -0.2) is 0 Å². The van der Waals surface area contributed by atoms with Gasteiger partial charge in [0, 0.05) is 24.3 Å². The van der Waals surface area contributed by atoms with Gasteiger partial charge in [0.2, 0.25) is 0 Å². The van der Waals surface area contributed by atoms with Crippen molar-refractivity contribution in [3.63, 3.8) is 0 Å². The predicted molar refractivity (Wildman–Crippen MR) is 73.4 cm³/mol. The van der Waals surface area contributed by atoms with Crippen molar-refractivity contribution in [1.29, 1.82) is 0 Å². The van der Waals surface area contributed by atoms with Gasteiger partial charge in [-0.1, -0.05) is 6.92 Å². The van der Waals surface area contributed by atoms with Crippen LogP contribution in [0.5, 0.6) is 0 Å². The zero-order chi connectivity index (χ0) is 12.1. The molecule has 0 fully saturated rings. The molecule has 0 aromatic carbocycles. The zero-order valence-corrected chi connectivity index (χ0v) is 11.5. The van der Waals surface area contributed by atoms with Crippen molar-refractivity contribution in [2.45, 2.75) is 32.6 Å². The second-order valence-corrected chi connectivity index (χ2v) is 4.39. The number of nitrogens with zero attached hydrogens (tertiary/aromatic N) is 1. The van der Waals surface area contributed by atoms with E-state index in [0.29, 0.717) is 12.2 Å². The van der Waals surface area contributed by atoms with E-state index in [0.717, 1.165) is 50.0 Å². The molecule has 0 bridgehead atoms. The molecule has 5 nitrogen and oxygen atoms in total. The number of aryl methyl sites for hydroxylation is 1. The van der Waals surface area contributed by atoms with Gasteiger partial charge in [-0.3, -0.25) is 9.89 Å². The second kappa shape index (κ2) is 7.38. The van der Waals surface area contributed by atoms with Crippen LogP contribution in [0.15, 0.2) is 0 Å². The lowest BCUT2D eigenvalue weighted by molar-refractivity contribution is 0.0948. The highest BCUT2D eigenvalue weighted by molar-refractivity contribution is 5.94. The third kappa shape index (κ3) is 3.46. The van der Waals surface area contributed by atoms with Crippen LogP contribution in [0.2, 0.25) is 0 Å². The predicted octanol–water partition coefficient (Wildman–Crippen LogP) is 1.05. The summed E-state index contributed by atoms with van der Waals surface area (Å²) < 4.78 is 0. The van der Waals surface area contributed by atoms with Gasteiger partial charge >= 0.3 is 0 Å². The van der Waals surface area contributed by atoms with Crippen LogP contribution in [-0.4, -0.2) is 35.7 Å². The Morgan fingerprint density at radius 3 is 2.94 bits per heavy atom. The highest BCUT2D eigenvalue weighted by Crippen LogP contribution is 2.22. The molecular formula is C12H21ClN4O. The highest BCUT2D eigenvalue weighted by atomic mass is 35.5. The van der Waals surface area contributed by atoms with E-state index in [1.807, 2.05) is 0 Å². The SMILES string of the molecule is CCCNCCNC(=O)c1n[nH]c2c1CCC2.Cl. The van der Waals surface area contributed by atoms with Gasteiger partial charge < -0.3 is 10.6 Å². The normalized spacial score (nSPS) is 12.9. The van der Waals surface area contributed by atoms with Crippen LogP contribution in [0.4, 0.5) is 0 Å². The molecule has 1 aromatic heterocycles. The summed E-state index contributed by atoms with van der Waals surface area (Å²) in [6, 6.07) is 0. The number of H-pyrrole nitrogens is 1. The van der Waals surface area contributed by atoms with Gasteiger partial charge in [-0.15, -0.1) is 12.4 Å². The Labute approximate surface area is 114 Å². The molecular weight excluding hydrogens is 252 g/mol. The third-order valence-corrected chi connectivity index (χ3v) is 3.04. The minimum Gasteiger partial charge on any atom is -0.349 e. The summed E-state index contributed by atoms with van der Waals surface area (Å²) in [5.74, 6) is -0.0531. The average Bonchev–Trinajstić information content (AvgIpc) is 2.90. The van der Waals surface area contributed by atoms with Gasteiger partial charge in [0.25, 0.3) is 5.91 Å². The van der Waals surface area contributed by atoms with Crippen molar-refractivity contribution >= 4 is 18.3 Å². The van der Waals surface area contributed by atoms with Crippen molar-refractivity contribution < 1.29 is 4.79 Å². The fraction of sp³-hybridized carbons (Fsp3) is 0.667. The van der Waals surface area contributed by atoms with Crippen LogP contribution >= 0.6 is 12.4 Å². The van der Waals surface area contributed by atoms with E-state index < -0.39 is 0 Å². The quantitative estimate of drug-likeness (QED) is 0.678. The molecule has 0 atom stereocenters. The number of carbonyl (C=O) groups excluding carboxylic acids is 1. The number of amides is 1. The Kier molecular flexibility index (Phi) is 6.15. The lowest BCUT2D eigenvalue weighted by Gasteiger charge is -2.05. The molecule has 102 valence electrons. The lowest BCUT2D eigenvalue weighted by atomic mass is 10.2. The molecule has 1 heterocycles. The molecule has 1 aromatic rings. The van der Waals surface area contributed by atoms with E-state index in [1.54, 1.807) is 0 Å². The minimum absolute atomic E-state index is 0. The summed E-state index contributed by atoms with van der Waals surface area (Å²) >= 11 is 0. The zero-order valence-electron chi connectivity index (χ0n) is 10.7.